The van der Waals surface area contributed by atoms with Gasteiger partial charge in [0.2, 0.25) is 5.88 Å². The maximum Gasteiger partial charge on any atom is 0.200 e. The predicted molar refractivity (Wildman–Crippen MR) is 68.8 cm³/mol. The maximum absolute atomic E-state index is 5.40. The van der Waals surface area contributed by atoms with Crippen molar-refractivity contribution in [2.45, 2.75) is 18.8 Å². The number of ether oxygens (including phenoxy) is 1. The first kappa shape index (κ1) is 10.9. The van der Waals surface area contributed by atoms with Crippen molar-refractivity contribution in [3.05, 3.63) is 24.0 Å². The van der Waals surface area contributed by atoms with E-state index in [-0.39, 0.29) is 0 Å². The second kappa shape index (κ2) is 4.56. The monoisotopic (exact) mass is 249 g/mol. The lowest BCUT2D eigenvalue weighted by Crippen LogP contribution is -2.12. The lowest BCUT2D eigenvalue weighted by Gasteiger charge is -2.20. The Labute approximate surface area is 104 Å². The van der Waals surface area contributed by atoms with Gasteiger partial charge in [0.1, 0.15) is 5.82 Å². The first-order chi connectivity index (χ1) is 8.40. The Bertz CT molecular complexity index is 519. The summed E-state index contributed by atoms with van der Waals surface area (Å²) in [6, 6.07) is 5.87. The van der Waals surface area contributed by atoms with E-state index >= 15 is 0 Å². The molecular weight excluding hydrogens is 234 g/mol. The van der Waals surface area contributed by atoms with Gasteiger partial charge < -0.3 is 4.74 Å². The van der Waals surface area contributed by atoms with Crippen LogP contribution in [-0.2, 0) is 0 Å². The van der Waals surface area contributed by atoms with Gasteiger partial charge in [0, 0.05) is 5.92 Å². The van der Waals surface area contributed by atoms with E-state index in [4.69, 9.17) is 4.74 Å². The normalized spacial score (nSPS) is 17.5. The van der Waals surface area contributed by atoms with E-state index in [2.05, 4.69) is 10.2 Å². The topological polar surface area (TPSA) is 39.4 Å². The van der Waals surface area contributed by atoms with Crippen molar-refractivity contribution in [3.63, 3.8) is 0 Å². The minimum atomic E-state index is 0.516. The summed E-state index contributed by atoms with van der Waals surface area (Å²) in [7, 11) is 1.69. The molecule has 3 rings (SSSR count). The average molecular weight is 249 g/mol. The van der Waals surface area contributed by atoms with Crippen LogP contribution < -0.4 is 4.74 Å². The van der Waals surface area contributed by atoms with Gasteiger partial charge in [-0.3, -0.25) is 0 Å². The number of hydrogen-bond donors (Lipinski definition) is 0. The van der Waals surface area contributed by atoms with Gasteiger partial charge in [-0.2, -0.15) is 11.8 Å². The molecule has 0 bridgehead atoms. The number of thioether (sulfide) groups is 1. The zero-order valence-corrected chi connectivity index (χ0v) is 10.6. The predicted octanol–water partition coefficient (Wildman–Crippen LogP) is 2.35. The van der Waals surface area contributed by atoms with Crippen molar-refractivity contribution in [2.75, 3.05) is 18.6 Å². The van der Waals surface area contributed by atoms with Gasteiger partial charge in [-0.25, -0.2) is 4.40 Å². The van der Waals surface area contributed by atoms with Crippen LogP contribution in [0.1, 0.15) is 24.6 Å². The van der Waals surface area contributed by atoms with Crippen LogP contribution in [0.2, 0.25) is 0 Å². The third-order valence-corrected chi connectivity index (χ3v) is 4.26. The summed E-state index contributed by atoms with van der Waals surface area (Å²) in [5.41, 5.74) is 0.873. The number of pyridine rings is 1. The fourth-order valence-electron chi connectivity index (χ4n) is 2.31. The van der Waals surface area contributed by atoms with Crippen LogP contribution in [0.15, 0.2) is 18.2 Å². The van der Waals surface area contributed by atoms with Crippen LogP contribution in [0.25, 0.3) is 5.65 Å². The molecule has 0 aromatic carbocycles. The molecule has 0 amide bonds. The Morgan fingerprint density at radius 1 is 1.29 bits per heavy atom. The zero-order chi connectivity index (χ0) is 11.7. The summed E-state index contributed by atoms with van der Waals surface area (Å²) in [6.07, 6.45) is 2.37. The van der Waals surface area contributed by atoms with Crippen LogP contribution in [0, 0.1) is 0 Å². The summed E-state index contributed by atoms with van der Waals surface area (Å²) in [5, 5.41) is 8.58. The molecule has 3 heterocycles. The summed E-state index contributed by atoms with van der Waals surface area (Å²) in [5.74, 6) is 4.82. The third-order valence-electron chi connectivity index (χ3n) is 3.21. The average Bonchev–Trinajstić information content (AvgIpc) is 2.83. The van der Waals surface area contributed by atoms with Gasteiger partial charge in [0.15, 0.2) is 5.65 Å². The fraction of sp³-hybridized carbons (Fsp3) is 0.500. The molecule has 2 aromatic rings. The molecule has 0 N–H and O–H groups in total. The van der Waals surface area contributed by atoms with Crippen molar-refractivity contribution < 1.29 is 4.74 Å². The zero-order valence-electron chi connectivity index (χ0n) is 9.80. The fourth-order valence-corrected chi connectivity index (χ4v) is 3.42. The quantitative estimate of drug-likeness (QED) is 0.819. The van der Waals surface area contributed by atoms with Gasteiger partial charge in [-0.05, 0) is 36.5 Å². The molecule has 5 heteroatoms. The van der Waals surface area contributed by atoms with E-state index in [1.165, 1.54) is 24.3 Å². The van der Waals surface area contributed by atoms with E-state index in [0.29, 0.717) is 5.92 Å². The molecule has 2 aromatic heterocycles. The van der Waals surface area contributed by atoms with E-state index in [1.54, 1.807) is 7.11 Å². The molecule has 1 aliphatic heterocycles. The first-order valence-corrected chi connectivity index (χ1v) is 7.01. The number of nitrogens with zero attached hydrogens (tertiary/aromatic N) is 3. The Morgan fingerprint density at radius 2 is 2.12 bits per heavy atom. The van der Waals surface area contributed by atoms with Crippen molar-refractivity contribution in [2.24, 2.45) is 0 Å². The van der Waals surface area contributed by atoms with Crippen LogP contribution in [0.4, 0.5) is 0 Å². The molecule has 4 nitrogen and oxygen atoms in total. The van der Waals surface area contributed by atoms with Crippen molar-refractivity contribution in [1.82, 2.24) is 14.6 Å². The maximum atomic E-state index is 5.40. The molecule has 1 aliphatic rings. The van der Waals surface area contributed by atoms with E-state index in [9.17, 15) is 0 Å². The molecule has 0 atom stereocenters. The lowest BCUT2D eigenvalue weighted by atomic mass is 10.0. The highest BCUT2D eigenvalue weighted by Crippen LogP contribution is 2.32. The smallest absolute Gasteiger partial charge is 0.200 e. The molecular formula is C12H15N3OS. The molecule has 1 saturated heterocycles. The Morgan fingerprint density at radius 3 is 2.88 bits per heavy atom. The van der Waals surface area contributed by atoms with E-state index in [0.717, 1.165) is 17.4 Å². The number of aromatic nitrogens is 3. The van der Waals surface area contributed by atoms with Crippen LogP contribution >= 0.6 is 11.8 Å². The molecule has 0 radical (unpaired) electrons. The van der Waals surface area contributed by atoms with Gasteiger partial charge in [0.05, 0.1) is 7.11 Å². The van der Waals surface area contributed by atoms with Crippen molar-refractivity contribution in [3.8, 4) is 5.88 Å². The van der Waals surface area contributed by atoms with Crippen LogP contribution in [0.5, 0.6) is 5.88 Å². The van der Waals surface area contributed by atoms with Crippen molar-refractivity contribution in [1.29, 1.82) is 0 Å². The Kier molecular flexibility index (Phi) is 2.93. The lowest BCUT2D eigenvalue weighted by molar-refractivity contribution is 0.387. The van der Waals surface area contributed by atoms with Gasteiger partial charge in [0.25, 0.3) is 0 Å². The standard InChI is InChI=1S/C12H15N3OS/c1-16-11-4-2-3-10-13-14-12(15(10)11)9-5-7-17-8-6-9/h2-4,9H,5-8H2,1H3. The second-order valence-electron chi connectivity index (χ2n) is 4.21. The SMILES string of the molecule is COc1cccc2nnc(C3CCSCC3)n12. The largest absolute Gasteiger partial charge is 0.482 e. The van der Waals surface area contributed by atoms with Crippen molar-refractivity contribution >= 4 is 17.4 Å². The molecule has 0 aliphatic carbocycles. The third kappa shape index (κ3) is 1.88. The second-order valence-corrected chi connectivity index (χ2v) is 5.43. The summed E-state index contributed by atoms with van der Waals surface area (Å²) >= 11 is 2.02. The molecule has 0 unspecified atom stereocenters. The van der Waals surface area contributed by atoms with Gasteiger partial charge in [-0.15, -0.1) is 10.2 Å². The molecule has 90 valence electrons. The Hall–Kier alpha value is -1.23. The van der Waals surface area contributed by atoms with Crippen LogP contribution in [0.3, 0.4) is 0 Å². The molecule has 0 saturated carbocycles. The Balaban J connectivity index is 2.09. The number of hydrogen-bond acceptors (Lipinski definition) is 4. The molecule has 1 fully saturated rings. The number of methoxy groups -OCH3 is 1. The highest BCUT2D eigenvalue weighted by Gasteiger charge is 2.22. The molecule has 0 spiro atoms. The van der Waals surface area contributed by atoms with Crippen LogP contribution in [-0.4, -0.2) is 33.2 Å². The van der Waals surface area contributed by atoms with Gasteiger partial charge >= 0.3 is 0 Å². The van der Waals surface area contributed by atoms with E-state index in [1.807, 2.05) is 34.4 Å². The minimum Gasteiger partial charge on any atom is -0.482 e. The summed E-state index contributed by atoms with van der Waals surface area (Å²) in [6.45, 7) is 0. The van der Waals surface area contributed by atoms with E-state index < -0.39 is 0 Å². The first-order valence-electron chi connectivity index (χ1n) is 5.86. The number of rotatable bonds is 2. The highest BCUT2D eigenvalue weighted by atomic mass is 32.2. The molecule has 17 heavy (non-hydrogen) atoms. The minimum absolute atomic E-state index is 0.516. The summed E-state index contributed by atoms with van der Waals surface area (Å²) in [4.78, 5) is 0. The number of fused-ring (bicyclic) bond motifs is 1. The summed E-state index contributed by atoms with van der Waals surface area (Å²) < 4.78 is 7.44. The highest BCUT2D eigenvalue weighted by molar-refractivity contribution is 7.99. The van der Waals surface area contributed by atoms with Gasteiger partial charge in [-0.1, -0.05) is 6.07 Å².